The molecule has 17 heavy (non-hydrogen) atoms. The van der Waals surface area contributed by atoms with E-state index < -0.39 is 0 Å². The molecular formula is C15H29NO. The Morgan fingerprint density at radius 1 is 1.29 bits per heavy atom. The molecule has 1 aliphatic carbocycles. The van der Waals surface area contributed by atoms with Crippen molar-refractivity contribution in [3.05, 3.63) is 0 Å². The Hall–Kier alpha value is -0.0800. The van der Waals surface area contributed by atoms with Crippen molar-refractivity contribution in [3.8, 4) is 0 Å². The molecule has 1 aliphatic heterocycles. The number of rotatable bonds is 4. The molecular weight excluding hydrogens is 210 g/mol. The van der Waals surface area contributed by atoms with E-state index in [4.69, 9.17) is 4.74 Å². The Kier molecular flexibility index (Phi) is 4.48. The Bertz CT molecular complexity index is 237. The van der Waals surface area contributed by atoms with Gasteiger partial charge in [0.25, 0.3) is 0 Å². The summed E-state index contributed by atoms with van der Waals surface area (Å²) < 4.78 is 5.91. The van der Waals surface area contributed by atoms with Gasteiger partial charge < -0.3 is 10.1 Å². The first kappa shape index (κ1) is 13.4. The molecule has 2 aliphatic rings. The van der Waals surface area contributed by atoms with Crippen molar-refractivity contribution in [2.75, 3.05) is 6.61 Å². The van der Waals surface area contributed by atoms with Crippen molar-refractivity contribution in [3.63, 3.8) is 0 Å². The van der Waals surface area contributed by atoms with E-state index in [0.29, 0.717) is 12.1 Å². The Labute approximate surface area is 107 Å². The maximum absolute atomic E-state index is 5.91. The fourth-order valence-electron chi connectivity index (χ4n) is 3.48. The molecule has 100 valence electrons. The average molecular weight is 239 g/mol. The lowest BCUT2D eigenvalue weighted by atomic mass is 9.88. The minimum Gasteiger partial charge on any atom is -0.375 e. The van der Waals surface area contributed by atoms with E-state index in [1.807, 2.05) is 0 Å². The molecule has 1 saturated carbocycles. The number of ether oxygens (including phenoxy) is 1. The summed E-state index contributed by atoms with van der Waals surface area (Å²) in [5.41, 5.74) is 0.116. The second-order valence-corrected chi connectivity index (χ2v) is 6.34. The third-order valence-corrected chi connectivity index (χ3v) is 4.95. The number of hydrogen-bond donors (Lipinski definition) is 1. The van der Waals surface area contributed by atoms with Crippen LogP contribution in [-0.2, 0) is 4.74 Å². The van der Waals surface area contributed by atoms with Gasteiger partial charge >= 0.3 is 0 Å². The summed E-state index contributed by atoms with van der Waals surface area (Å²) in [4.78, 5) is 0. The molecule has 0 aromatic rings. The van der Waals surface area contributed by atoms with Crippen LogP contribution in [0.15, 0.2) is 0 Å². The van der Waals surface area contributed by atoms with E-state index in [1.165, 1.54) is 38.5 Å². The van der Waals surface area contributed by atoms with Crippen LogP contribution in [0.4, 0.5) is 0 Å². The molecule has 2 rings (SSSR count). The second kappa shape index (κ2) is 5.71. The first-order valence-corrected chi connectivity index (χ1v) is 7.53. The van der Waals surface area contributed by atoms with Crippen molar-refractivity contribution in [2.24, 2.45) is 5.92 Å². The highest BCUT2D eigenvalue weighted by molar-refractivity contribution is 4.88. The molecule has 3 atom stereocenters. The summed E-state index contributed by atoms with van der Waals surface area (Å²) in [7, 11) is 0. The molecule has 2 nitrogen and oxygen atoms in total. The molecule has 3 unspecified atom stereocenters. The summed E-state index contributed by atoms with van der Waals surface area (Å²) in [6.45, 7) is 7.82. The lowest BCUT2D eigenvalue weighted by molar-refractivity contribution is -0.0795. The van der Waals surface area contributed by atoms with Gasteiger partial charge in [-0.2, -0.15) is 0 Å². The zero-order valence-corrected chi connectivity index (χ0v) is 11.8. The van der Waals surface area contributed by atoms with Gasteiger partial charge in [0.1, 0.15) is 0 Å². The van der Waals surface area contributed by atoms with Gasteiger partial charge in [0.05, 0.1) is 5.60 Å². The first-order chi connectivity index (χ1) is 8.13. The topological polar surface area (TPSA) is 21.3 Å². The van der Waals surface area contributed by atoms with Crippen LogP contribution in [0.1, 0.15) is 65.7 Å². The maximum Gasteiger partial charge on any atom is 0.0666 e. The standard InChI is InChI=1S/C15H29NO/c1-4-15(3)11-14(9-10-17-15)16-12(2)13-7-5-6-8-13/h12-14,16H,4-11H2,1-3H3. The summed E-state index contributed by atoms with van der Waals surface area (Å²) in [5, 5.41) is 3.87. The van der Waals surface area contributed by atoms with Crippen molar-refractivity contribution in [1.82, 2.24) is 5.32 Å². The Morgan fingerprint density at radius 2 is 2.00 bits per heavy atom. The lowest BCUT2D eigenvalue weighted by Gasteiger charge is -2.40. The quantitative estimate of drug-likeness (QED) is 0.810. The van der Waals surface area contributed by atoms with E-state index in [9.17, 15) is 0 Å². The molecule has 1 heterocycles. The van der Waals surface area contributed by atoms with Crippen LogP contribution in [0, 0.1) is 5.92 Å². The first-order valence-electron chi connectivity index (χ1n) is 7.53. The fourth-order valence-corrected chi connectivity index (χ4v) is 3.48. The predicted octanol–water partition coefficient (Wildman–Crippen LogP) is 3.50. The summed E-state index contributed by atoms with van der Waals surface area (Å²) in [6, 6.07) is 1.37. The Morgan fingerprint density at radius 3 is 2.65 bits per heavy atom. The molecule has 0 bridgehead atoms. The molecule has 0 aromatic carbocycles. The summed E-state index contributed by atoms with van der Waals surface area (Å²) in [5.74, 6) is 0.922. The number of hydrogen-bond acceptors (Lipinski definition) is 2. The van der Waals surface area contributed by atoms with Gasteiger partial charge in [0, 0.05) is 18.7 Å². The van der Waals surface area contributed by atoms with Crippen molar-refractivity contribution < 1.29 is 4.74 Å². The molecule has 2 fully saturated rings. The highest BCUT2D eigenvalue weighted by Gasteiger charge is 2.33. The van der Waals surface area contributed by atoms with Crippen LogP contribution in [0.2, 0.25) is 0 Å². The van der Waals surface area contributed by atoms with Crippen LogP contribution in [0.25, 0.3) is 0 Å². The SMILES string of the molecule is CCC1(C)CC(NC(C)C2CCCC2)CCO1. The van der Waals surface area contributed by atoms with Gasteiger partial charge in [0.15, 0.2) is 0 Å². The summed E-state index contributed by atoms with van der Waals surface area (Å²) >= 11 is 0. The third kappa shape index (κ3) is 3.45. The smallest absolute Gasteiger partial charge is 0.0666 e. The van der Waals surface area contributed by atoms with Crippen molar-refractivity contribution in [2.45, 2.75) is 83.4 Å². The highest BCUT2D eigenvalue weighted by Crippen LogP contribution is 2.31. The van der Waals surface area contributed by atoms with Gasteiger partial charge in [-0.25, -0.2) is 0 Å². The summed E-state index contributed by atoms with van der Waals surface area (Å²) in [6.07, 6.45) is 9.25. The zero-order valence-electron chi connectivity index (χ0n) is 11.8. The van der Waals surface area contributed by atoms with Crippen LogP contribution in [0.5, 0.6) is 0 Å². The number of nitrogens with one attached hydrogen (secondary N) is 1. The molecule has 0 radical (unpaired) electrons. The van der Waals surface area contributed by atoms with Crippen LogP contribution in [0.3, 0.4) is 0 Å². The minimum atomic E-state index is 0.116. The van der Waals surface area contributed by atoms with Crippen LogP contribution in [-0.4, -0.2) is 24.3 Å². The largest absolute Gasteiger partial charge is 0.375 e. The normalized spacial score (nSPS) is 37.2. The molecule has 0 amide bonds. The highest BCUT2D eigenvalue weighted by atomic mass is 16.5. The molecule has 1 N–H and O–H groups in total. The average Bonchev–Trinajstić information content (AvgIpc) is 2.82. The van der Waals surface area contributed by atoms with Crippen LogP contribution >= 0.6 is 0 Å². The molecule has 2 heteroatoms. The lowest BCUT2D eigenvalue weighted by Crippen LogP contribution is -2.49. The monoisotopic (exact) mass is 239 g/mol. The minimum absolute atomic E-state index is 0.116. The van der Waals surface area contributed by atoms with E-state index in [-0.39, 0.29) is 5.60 Å². The Balaban J connectivity index is 1.81. The van der Waals surface area contributed by atoms with Crippen molar-refractivity contribution >= 4 is 0 Å². The van der Waals surface area contributed by atoms with Crippen LogP contribution < -0.4 is 5.32 Å². The van der Waals surface area contributed by atoms with E-state index in [2.05, 4.69) is 26.1 Å². The molecule has 0 aromatic heterocycles. The third-order valence-electron chi connectivity index (χ3n) is 4.95. The fraction of sp³-hybridized carbons (Fsp3) is 1.00. The van der Waals surface area contributed by atoms with Gasteiger partial charge in [-0.05, 0) is 51.9 Å². The van der Waals surface area contributed by atoms with Gasteiger partial charge in [-0.15, -0.1) is 0 Å². The van der Waals surface area contributed by atoms with Gasteiger partial charge in [-0.1, -0.05) is 19.8 Å². The molecule has 1 saturated heterocycles. The molecule has 0 spiro atoms. The van der Waals surface area contributed by atoms with Gasteiger partial charge in [-0.3, -0.25) is 0 Å². The second-order valence-electron chi connectivity index (χ2n) is 6.34. The maximum atomic E-state index is 5.91. The predicted molar refractivity (Wildman–Crippen MR) is 72.2 cm³/mol. The van der Waals surface area contributed by atoms with E-state index >= 15 is 0 Å². The van der Waals surface area contributed by atoms with Crippen molar-refractivity contribution in [1.29, 1.82) is 0 Å². The zero-order chi connectivity index (χ0) is 12.3. The van der Waals surface area contributed by atoms with Gasteiger partial charge in [0.2, 0.25) is 0 Å². The van der Waals surface area contributed by atoms with E-state index in [0.717, 1.165) is 18.9 Å². The van der Waals surface area contributed by atoms with E-state index in [1.54, 1.807) is 0 Å².